The highest BCUT2D eigenvalue weighted by atomic mass is 32.1. The van der Waals surface area contributed by atoms with Crippen molar-refractivity contribution >= 4 is 61.1 Å². The van der Waals surface area contributed by atoms with Crippen molar-refractivity contribution in [1.82, 2.24) is 9.55 Å². The van der Waals surface area contributed by atoms with Gasteiger partial charge in [-0.3, -0.25) is 4.79 Å². The van der Waals surface area contributed by atoms with Crippen LogP contribution in [0.1, 0.15) is 15.4 Å². The summed E-state index contributed by atoms with van der Waals surface area (Å²) < 4.78 is 8.56. The van der Waals surface area contributed by atoms with Gasteiger partial charge in [-0.05, 0) is 46.7 Å². The maximum absolute atomic E-state index is 13.2. The molecule has 7 nitrogen and oxygen atoms in total. The molecule has 0 bridgehead atoms. The molecule has 6 rings (SSSR count). The number of thiophene rings is 2. The second kappa shape index (κ2) is 9.60. The standard InChI is InChI=1S/C29H24N4O3S2/c1-33-22-6-4-3-5-17(22)11-23(33)29(35)32-21-8-7-16(12-24(21)36-2)20-15-38-27-19(13-31-28(30)26(20)27)18-9-10-37-25(18)14-34/h3-13,15,34H,14H2,1-2H3,(H2,30,31)(H,32,35). The Morgan fingerprint density at radius 2 is 1.95 bits per heavy atom. The molecule has 0 saturated heterocycles. The average molecular weight is 541 g/mol. The zero-order valence-electron chi connectivity index (χ0n) is 20.7. The molecule has 2 aromatic carbocycles. The summed E-state index contributed by atoms with van der Waals surface area (Å²) in [5.74, 6) is 0.759. The monoisotopic (exact) mass is 540 g/mol. The second-order valence-electron chi connectivity index (χ2n) is 8.84. The van der Waals surface area contributed by atoms with E-state index in [1.54, 1.807) is 24.6 Å². The summed E-state index contributed by atoms with van der Waals surface area (Å²) in [5, 5.41) is 18.7. The van der Waals surface area contributed by atoms with Crippen LogP contribution in [0.2, 0.25) is 0 Å². The van der Waals surface area contributed by atoms with E-state index in [0.29, 0.717) is 22.9 Å². The van der Waals surface area contributed by atoms with Gasteiger partial charge in [0, 0.05) is 55.8 Å². The highest BCUT2D eigenvalue weighted by molar-refractivity contribution is 7.18. The predicted octanol–water partition coefficient (Wildman–Crippen LogP) is 6.52. The largest absolute Gasteiger partial charge is 0.495 e. The van der Waals surface area contributed by atoms with E-state index in [9.17, 15) is 9.90 Å². The molecule has 6 aromatic rings. The number of nitrogens with one attached hydrogen (secondary N) is 1. The van der Waals surface area contributed by atoms with Crippen LogP contribution in [0.25, 0.3) is 43.2 Å². The Morgan fingerprint density at radius 1 is 1.11 bits per heavy atom. The minimum Gasteiger partial charge on any atom is -0.495 e. The van der Waals surface area contributed by atoms with E-state index in [2.05, 4.69) is 15.7 Å². The summed E-state index contributed by atoms with van der Waals surface area (Å²) in [7, 11) is 3.46. The zero-order valence-corrected chi connectivity index (χ0v) is 22.3. The first-order valence-electron chi connectivity index (χ1n) is 11.9. The van der Waals surface area contributed by atoms with Crippen molar-refractivity contribution in [3.63, 3.8) is 0 Å². The van der Waals surface area contributed by atoms with E-state index in [4.69, 9.17) is 10.5 Å². The number of amides is 1. The van der Waals surface area contributed by atoms with E-state index in [-0.39, 0.29) is 12.5 Å². The van der Waals surface area contributed by atoms with Crippen molar-refractivity contribution in [3.05, 3.63) is 82.1 Å². The molecule has 9 heteroatoms. The number of aliphatic hydroxyl groups excluding tert-OH is 1. The van der Waals surface area contributed by atoms with Crippen LogP contribution < -0.4 is 15.8 Å². The van der Waals surface area contributed by atoms with Gasteiger partial charge in [0.15, 0.2) is 0 Å². The summed E-state index contributed by atoms with van der Waals surface area (Å²) in [6, 6.07) is 17.4. The number of aryl methyl sites for hydroxylation is 1. The van der Waals surface area contributed by atoms with Crippen LogP contribution in [-0.2, 0) is 13.7 Å². The number of rotatable bonds is 6. The van der Waals surface area contributed by atoms with Gasteiger partial charge in [-0.1, -0.05) is 24.3 Å². The van der Waals surface area contributed by atoms with Crippen LogP contribution in [0.15, 0.2) is 71.6 Å². The van der Waals surface area contributed by atoms with Crippen molar-refractivity contribution in [2.45, 2.75) is 6.61 Å². The number of ether oxygens (including phenoxy) is 1. The Morgan fingerprint density at radius 3 is 2.74 bits per heavy atom. The molecule has 38 heavy (non-hydrogen) atoms. The number of aliphatic hydroxyl groups is 1. The van der Waals surface area contributed by atoms with E-state index in [1.165, 1.54) is 11.3 Å². The third kappa shape index (κ3) is 3.92. The molecule has 1 amide bonds. The van der Waals surface area contributed by atoms with Gasteiger partial charge in [0.05, 0.1) is 19.4 Å². The molecule has 0 fully saturated rings. The van der Waals surface area contributed by atoms with Crippen molar-refractivity contribution in [2.75, 3.05) is 18.2 Å². The average Bonchev–Trinajstić information content (AvgIpc) is 3.67. The lowest BCUT2D eigenvalue weighted by Crippen LogP contribution is -2.16. The quantitative estimate of drug-likeness (QED) is 0.223. The van der Waals surface area contributed by atoms with Gasteiger partial charge in [-0.25, -0.2) is 4.98 Å². The van der Waals surface area contributed by atoms with Gasteiger partial charge in [0.2, 0.25) is 0 Å². The fourth-order valence-corrected chi connectivity index (χ4v) is 6.69. The molecule has 4 N–H and O–H groups in total. The predicted molar refractivity (Wildman–Crippen MR) is 156 cm³/mol. The molecular weight excluding hydrogens is 516 g/mol. The van der Waals surface area contributed by atoms with Gasteiger partial charge >= 0.3 is 0 Å². The number of hydrogen-bond donors (Lipinski definition) is 3. The first-order valence-corrected chi connectivity index (χ1v) is 13.6. The Bertz CT molecular complexity index is 1830. The summed E-state index contributed by atoms with van der Waals surface area (Å²) in [4.78, 5) is 18.5. The Kier molecular flexibility index (Phi) is 6.11. The minimum atomic E-state index is -0.218. The summed E-state index contributed by atoms with van der Waals surface area (Å²) in [6.45, 7) is -0.0275. The number of carbonyl (C=O) groups is 1. The highest BCUT2D eigenvalue weighted by Gasteiger charge is 2.20. The van der Waals surface area contributed by atoms with Crippen LogP contribution in [0.5, 0.6) is 5.75 Å². The Hall–Kier alpha value is -4.18. The van der Waals surface area contributed by atoms with Gasteiger partial charge in [-0.2, -0.15) is 0 Å². The number of nitrogens with zero attached hydrogens (tertiary/aromatic N) is 2. The van der Waals surface area contributed by atoms with Crippen LogP contribution >= 0.6 is 22.7 Å². The number of aromatic nitrogens is 2. The lowest BCUT2D eigenvalue weighted by Gasteiger charge is -2.13. The first kappa shape index (κ1) is 24.2. The third-order valence-electron chi connectivity index (χ3n) is 6.75. The number of hydrogen-bond acceptors (Lipinski definition) is 7. The van der Waals surface area contributed by atoms with Crippen LogP contribution in [-0.4, -0.2) is 27.7 Å². The number of anilines is 2. The number of fused-ring (bicyclic) bond motifs is 2. The second-order valence-corrected chi connectivity index (χ2v) is 10.7. The minimum absolute atomic E-state index is 0.0275. The molecule has 0 radical (unpaired) electrons. The van der Waals surface area contributed by atoms with Crippen molar-refractivity contribution < 1.29 is 14.6 Å². The van der Waals surface area contributed by atoms with Gasteiger partial charge < -0.3 is 25.5 Å². The van der Waals surface area contributed by atoms with Gasteiger partial charge in [-0.15, -0.1) is 22.7 Å². The van der Waals surface area contributed by atoms with Gasteiger partial charge in [0.25, 0.3) is 5.91 Å². The topological polar surface area (TPSA) is 102 Å². The van der Waals surface area contributed by atoms with Crippen molar-refractivity contribution in [3.8, 4) is 28.0 Å². The molecule has 0 saturated carbocycles. The Labute approximate surface area is 226 Å². The zero-order chi connectivity index (χ0) is 26.4. The molecular formula is C29H24N4O3S2. The molecule has 190 valence electrons. The summed E-state index contributed by atoms with van der Waals surface area (Å²) in [5.41, 5.74) is 12.2. The number of methoxy groups -OCH3 is 1. The van der Waals surface area contributed by atoms with E-state index < -0.39 is 0 Å². The summed E-state index contributed by atoms with van der Waals surface area (Å²) in [6.07, 6.45) is 1.77. The van der Waals surface area contributed by atoms with E-state index >= 15 is 0 Å². The smallest absolute Gasteiger partial charge is 0.272 e. The van der Waals surface area contributed by atoms with Gasteiger partial charge in [0.1, 0.15) is 17.3 Å². The van der Waals surface area contributed by atoms with Crippen LogP contribution in [0.4, 0.5) is 11.5 Å². The van der Waals surface area contributed by atoms with E-state index in [0.717, 1.165) is 48.1 Å². The number of carbonyl (C=O) groups excluding carboxylic acids is 1. The number of benzene rings is 2. The lowest BCUT2D eigenvalue weighted by molar-refractivity contribution is 0.101. The molecule has 0 atom stereocenters. The SMILES string of the molecule is COc1cc(-c2csc3c(-c4ccsc4CO)cnc(N)c23)ccc1NC(=O)c1cc2ccccc2n1C. The third-order valence-corrected chi connectivity index (χ3v) is 8.67. The Balaban J connectivity index is 1.37. The van der Waals surface area contributed by atoms with Crippen molar-refractivity contribution in [2.24, 2.45) is 7.05 Å². The van der Waals surface area contributed by atoms with Crippen molar-refractivity contribution in [1.29, 1.82) is 0 Å². The fraction of sp³-hybridized carbons (Fsp3) is 0.103. The molecule has 0 unspecified atom stereocenters. The first-order chi connectivity index (χ1) is 18.5. The maximum atomic E-state index is 13.2. The number of nitrogen functional groups attached to an aromatic ring is 1. The molecule has 0 aliphatic rings. The lowest BCUT2D eigenvalue weighted by atomic mass is 10.0. The molecule has 0 spiro atoms. The molecule has 4 heterocycles. The molecule has 4 aromatic heterocycles. The molecule has 0 aliphatic heterocycles. The number of para-hydroxylation sites is 1. The number of pyridine rings is 1. The normalized spacial score (nSPS) is 11.3. The van der Waals surface area contributed by atoms with E-state index in [1.807, 2.05) is 71.6 Å². The maximum Gasteiger partial charge on any atom is 0.272 e. The van der Waals surface area contributed by atoms with Crippen LogP contribution in [0, 0.1) is 0 Å². The molecule has 0 aliphatic carbocycles. The summed E-state index contributed by atoms with van der Waals surface area (Å²) >= 11 is 3.10. The van der Waals surface area contributed by atoms with Crippen LogP contribution in [0.3, 0.4) is 0 Å². The highest BCUT2D eigenvalue weighted by Crippen LogP contribution is 2.44. The fourth-order valence-electron chi connectivity index (χ4n) is 4.83. The number of nitrogens with two attached hydrogens (primary N) is 1.